The smallest absolute Gasteiger partial charge is 0.139 e. The average molecular weight is 236 g/mol. The van der Waals surface area contributed by atoms with Gasteiger partial charge in [-0.2, -0.15) is 5.26 Å². The molecule has 0 aliphatic heterocycles. The summed E-state index contributed by atoms with van der Waals surface area (Å²) in [6.07, 6.45) is 1.61. The van der Waals surface area contributed by atoms with Crippen LogP contribution in [0.1, 0.15) is 11.1 Å². The Bertz CT molecular complexity index is 481. The molecular weight excluding hydrogens is 230 g/mol. The monoisotopic (exact) mass is 235 g/mol. The Balaban J connectivity index is 2.83. The van der Waals surface area contributed by atoms with E-state index in [9.17, 15) is 0 Å². The SMILES string of the molecule is N#Cc1ccc(CBr)c2occc12. The summed E-state index contributed by atoms with van der Waals surface area (Å²) in [6.45, 7) is 0. The third-order valence-corrected chi connectivity index (χ3v) is 2.57. The number of benzene rings is 1. The molecule has 13 heavy (non-hydrogen) atoms. The molecule has 0 saturated heterocycles. The van der Waals surface area contributed by atoms with Gasteiger partial charge in [-0.3, -0.25) is 0 Å². The van der Waals surface area contributed by atoms with Crippen molar-refractivity contribution in [1.29, 1.82) is 5.26 Å². The van der Waals surface area contributed by atoms with Gasteiger partial charge in [-0.1, -0.05) is 22.0 Å². The molecule has 0 aliphatic carbocycles. The first-order valence-corrected chi connectivity index (χ1v) is 4.94. The first-order valence-electron chi connectivity index (χ1n) is 3.82. The molecule has 0 unspecified atom stereocenters. The number of rotatable bonds is 1. The number of furan rings is 1. The molecule has 0 fully saturated rings. The molecule has 0 atom stereocenters. The van der Waals surface area contributed by atoms with Crippen LogP contribution in [0, 0.1) is 11.3 Å². The van der Waals surface area contributed by atoms with Crippen molar-refractivity contribution < 1.29 is 4.42 Å². The Kier molecular flexibility index (Phi) is 2.07. The number of nitrogens with zero attached hydrogens (tertiary/aromatic N) is 1. The van der Waals surface area contributed by atoms with Crippen molar-refractivity contribution in [1.82, 2.24) is 0 Å². The van der Waals surface area contributed by atoms with E-state index >= 15 is 0 Å². The van der Waals surface area contributed by atoms with E-state index in [0.717, 1.165) is 21.9 Å². The predicted molar refractivity (Wildman–Crippen MR) is 53.6 cm³/mol. The highest BCUT2D eigenvalue weighted by atomic mass is 79.9. The Labute approximate surface area is 83.9 Å². The maximum absolute atomic E-state index is 8.81. The molecule has 3 heteroatoms. The van der Waals surface area contributed by atoms with Crippen molar-refractivity contribution in [2.75, 3.05) is 0 Å². The van der Waals surface area contributed by atoms with E-state index in [1.165, 1.54) is 0 Å². The van der Waals surface area contributed by atoms with Crippen LogP contribution in [0.25, 0.3) is 11.0 Å². The maximum Gasteiger partial charge on any atom is 0.139 e. The van der Waals surface area contributed by atoms with Crippen LogP contribution < -0.4 is 0 Å². The van der Waals surface area contributed by atoms with Gasteiger partial charge >= 0.3 is 0 Å². The third-order valence-electron chi connectivity index (χ3n) is 1.96. The van der Waals surface area contributed by atoms with E-state index in [4.69, 9.17) is 9.68 Å². The minimum absolute atomic E-state index is 0.661. The normalized spacial score (nSPS) is 10.2. The molecule has 0 bridgehead atoms. The molecule has 1 aromatic carbocycles. The highest BCUT2D eigenvalue weighted by molar-refractivity contribution is 9.08. The second kappa shape index (κ2) is 3.23. The highest BCUT2D eigenvalue weighted by Crippen LogP contribution is 2.24. The fourth-order valence-electron chi connectivity index (χ4n) is 1.32. The molecule has 0 N–H and O–H groups in total. The zero-order valence-corrected chi connectivity index (χ0v) is 8.34. The van der Waals surface area contributed by atoms with E-state index in [1.807, 2.05) is 18.2 Å². The molecule has 64 valence electrons. The summed E-state index contributed by atoms with van der Waals surface area (Å²) >= 11 is 3.37. The van der Waals surface area contributed by atoms with Gasteiger partial charge in [-0.05, 0) is 12.1 Å². The van der Waals surface area contributed by atoms with E-state index in [-0.39, 0.29) is 0 Å². The van der Waals surface area contributed by atoms with Crippen LogP contribution in [0.4, 0.5) is 0 Å². The van der Waals surface area contributed by atoms with Gasteiger partial charge in [0.05, 0.1) is 17.9 Å². The molecule has 2 rings (SSSR count). The summed E-state index contributed by atoms with van der Waals surface area (Å²) < 4.78 is 5.30. The Hall–Kier alpha value is -1.27. The van der Waals surface area contributed by atoms with Crippen molar-refractivity contribution >= 4 is 26.9 Å². The van der Waals surface area contributed by atoms with Gasteiger partial charge in [-0.15, -0.1) is 0 Å². The van der Waals surface area contributed by atoms with Gasteiger partial charge in [0.25, 0.3) is 0 Å². The lowest BCUT2D eigenvalue weighted by Crippen LogP contribution is -1.81. The van der Waals surface area contributed by atoms with Gasteiger partial charge in [-0.25, -0.2) is 0 Å². The summed E-state index contributed by atoms with van der Waals surface area (Å²) in [6, 6.07) is 7.67. The lowest BCUT2D eigenvalue weighted by atomic mass is 10.1. The van der Waals surface area contributed by atoms with Crippen LogP contribution >= 0.6 is 15.9 Å². The van der Waals surface area contributed by atoms with Gasteiger partial charge in [0, 0.05) is 16.3 Å². The van der Waals surface area contributed by atoms with Crippen LogP contribution in [0.15, 0.2) is 28.9 Å². The van der Waals surface area contributed by atoms with E-state index in [0.29, 0.717) is 5.56 Å². The molecule has 0 amide bonds. The van der Waals surface area contributed by atoms with Gasteiger partial charge in [0.1, 0.15) is 5.58 Å². The lowest BCUT2D eigenvalue weighted by Gasteiger charge is -1.97. The quantitative estimate of drug-likeness (QED) is 0.713. The molecule has 0 radical (unpaired) electrons. The standard InChI is InChI=1S/C10H6BrNO/c11-5-7-1-2-8(6-12)9-3-4-13-10(7)9/h1-4H,5H2. The number of hydrogen-bond acceptors (Lipinski definition) is 2. The molecular formula is C10H6BrNO. The van der Waals surface area contributed by atoms with Gasteiger partial charge in [0.15, 0.2) is 0 Å². The summed E-state index contributed by atoms with van der Waals surface area (Å²) in [5.41, 5.74) is 2.53. The third kappa shape index (κ3) is 1.24. The number of hydrogen-bond donors (Lipinski definition) is 0. The first kappa shape index (κ1) is 8.33. The molecule has 2 nitrogen and oxygen atoms in total. The minimum Gasteiger partial charge on any atom is -0.464 e. The van der Waals surface area contributed by atoms with Crippen LogP contribution in [0.5, 0.6) is 0 Å². The molecule has 0 aliphatic rings. The fourth-order valence-corrected chi connectivity index (χ4v) is 1.76. The zero-order valence-electron chi connectivity index (χ0n) is 6.75. The summed E-state index contributed by atoms with van der Waals surface area (Å²) in [5.74, 6) is 0. The number of nitriles is 1. The average Bonchev–Trinajstić information content (AvgIpc) is 2.64. The van der Waals surface area contributed by atoms with Crippen molar-refractivity contribution in [3.8, 4) is 6.07 Å². The Morgan fingerprint density at radius 2 is 2.23 bits per heavy atom. The summed E-state index contributed by atoms with van der Waals surface area (Å²) in [7, 11) is 0. The molecule has 2 aromatic rings. The molecule has 0 spiro atoms. The van der Waals surface area contributed by atoms with E-state index in [1.54, 1.807) is 6.26 Å². The Morgan fingerprint density at radius 1 is 1.38 bits per heavy atom. The van der Waals surface area contributed by atoms with Crippen molar-refractivity contribution in [2.24, 2.45) is 0 Å². The molecule has 0 saturated carbocycles. The number of halogens is 1. The van der Waals surface area contributed by atoms with Crippen LogP contribution in [0.3, 0.4) is 0 Å². The van der Waals surface area contributed by atoms with Crippen LogP contribution in [-0.4, -0.2) is 0 Å². The fraction of sp³-hybridized carbons (Fsp3) is 0.100. The second-order valence-electron chi connectivity index (χ2n) is 2.68. The largest absolute Gasteiger partial charge is 0.464 e. The zero-order chi connectivity index (χ0) is 9.26. The lowest BCUT2D eigenvalue weighted by molar-refractivity contribution is 0.613. The van der Waals surface area contributed by atoms with Crippen molar-refractivity contribution in [3.63, 3.8) is 0 Å². The second-order valence-corrected chi connectivity index (χ2v) is 3.24. The van der Waals surface area contributed by atoms with Gasteiger partial charge < -0.3 is 4.42 Å². The molecule has 1 aromatic heterocycles. The minimum atomic E-state index is 0.661. The summed E-state index contributed by atoms with van der Waals surface area (Å²) in [5, 5.41) is 10.4. The van der Waals surface area contributed by atoms with E-state index < -0.39 is 0 Å². The predicted octanol–water partition coefficient (Wildman–Crippen LogP) is 3.20. The maximum atomic E-state index is 8.81. The topological polar surface area (TPSA) is 36.9 Å². The van der Waals surface area contributed by atoms with Crippen LogP contribution in [-0.2, 0) is 5.33 Å². The van der Waals surface area contributed by atoms with Gasteiger partial charge in [0.2, 0.25) is 0 Å². The molecule has 1 heterocycles. The number of fused-ring (bicyclic) bond motifs is 1. The van der Waals surface area contributed by atoms with E-state index in [2.05, 4.69) is 22.0 Å². The Morgan fingerprint density at radius 3 is 2.92 bits per heavy atom. The number of alkyl halides is 1. The first-order chi connectivity index (χ1) is 6.36. The van der Waals surface area contributed by atoms with Crippen LogP contribution in [0.2, 0.25) is 0 Å². The highest BCUT2D eigenvalue weighted by Gasteiger charge is 2.06. The summed E-state index contributed by atoms with van der Waals surface area (Å²) in [4.78, 5) is 0. The van der Waals surface area contributed by atoms with Crippen molar-refractivity contribution in [3.05, 3.63) is 35.6 Å². The van der Waals surface area contributed by atoms with Crippen molar-refractivity contribution in [2.45, 2.75) is 5.33 Å².